The van der Waals surface area contributed by atoms with Crippen LogP contribution < -0.4 is 5.32 Å². The summed E-state index contributed by atoms with van der Waals surface area (Å²) in [6.45, 7) is 2.96. The molecular formula is C10H16ClF3N4. The van der Waals surface area contributed by atoms with Gasteiger partial charge in [0.25, 0.3) is 0 Å². The first-order valence-corrected chi connectivity index (χ1v) is 5.54. The van der Waals surface area contributed by atoms with Crippen molar-refractivity contribution in [3.63, 3.8) is 0 Å². The van der Waals surface area contributed by atoms with Gasteiger partial charge in [0.15, 0.2) is 0 Å². The summed E-state index contributed by atoms with van der Waals surface area (Å²) in [6, 6.07) is 0. The average molecular weight is 285 g/mol. The van der Waals surface area contributed by atoms with Gasteiger partial charge in [0.1, 0.15) is 12.4 Å². The van der Waals surface area contributed by atoms with Gasteiger partial charge in [-0.05, 0) is 0 Å². The molecule has 1 aromatic heterocycles. The zero-order valence-corrected chi connectivity index (χ0v) is 10.6. The molecule has 1 fully saturated rings. The SMILES string of the molecule is Cl.FC(F)(F)Cn1ccnc1CN1CCNCC1. The number of rotatable bonds is 3. The van der Waals surface area contributed by atoms with Crippen LogP contribution in [0.25, 0.3) is 0 Å². The second kappa shape index (κ2) is 6.40. The Morgan fingerprint density at radius 1 is 1.28 bits per heavy atom. The van der Waals surface area contributed by atoms with Crippen LogP contribution in [0.3, 0.4) is 0 Å². The molecule has 0 aromatic carbocycles. The number of halogens is 4. The molecule has 0 aliphatic carbocycles. The highest BCUT2D eigenvalue weighted by atomic mass is 35.5. The van der Waals surface area contributed by atoms with E-state index in [1.54, 1.807) is 0 Å². The summed E-state index contributed by atoms with van der Waals surface area (Å²) in [5.41, 5.74) is 0. The minimum absolute atomic E-state index is 0. The third-order valence-electron chi connectivity index (χ3n) is 2.73. The van der Waals surface area contributed by atoms with Crippen LogP contribution in [0.2, 0.25) is 0 Å². The maximum absolute atomic E-state index is 12.3. The van der Waals surface area contributed by atoms with Gasteiger partial charge in [-0.3, -0.25) is 4.90 Å². The fourth-order valence-corrected chi connectivity index (χ4v) is 1.90. The van der Waals surface area contributed by atoms with Crippen LogP contribution in [-0.2, 0) is 13.1 Å². The molecule has 1 aliphatic rings. The van der Waals surface area contributed by atoms with Crippen molar-refractivity contribution in [2.45, 2.75) is 19.3 Å². The number of hydrogen-bond acceptors (Lipinski definition) is 3. The maximum Gasteiger partial charge on any atom is 0.406 e. The van der Waals surface area contributed by atoms with Crippen LogP contribution in [0, 0.1) is 0 Å². The lowest BCUT2D eigenvalue weighted by atomic mass is 10.3. The van der Waals surface area contributed by atoms with Gasteiger partial charge in [-0.2, -0.15) is 13.2 Å². The number of imidazole rings is 1. The zero-order chi connectivity index (χ0) is 12.3. The number of alkyl halides is 3. The number of nitrogens with one attached hydrogen (secondary N) is 1. The lowest BCUT2D eigenvalue weighted by molar-refractivity contribution is -0.141. The minimum Gasteiger partial charge on any atom is -0.325 e. The van der Waals surface area contributed by atoms with Crippen LogP contribution in [0.4, 0.5) is 13.2 Å². The Morgan fingerprint density at radius 2 is 1.94 bits per heavy atom. The van der Waals surface area contributed by atoms with Crippen LogP contribution in [0.1, 0.15) is 5.82 Å². The fourth-order valence-electron chi connectivity index (χ4n) is 1.90. The van der Waals surface area contributed by atoms with Gasteiger partial charge in [0.2, 0.25) is 0 Å². The standard InChI is InChI=1S/C10H15F3N4.ClH/c11-10(12,13)8-17-6-3-15-9(17)7-16-4-1-14-2-5-16;/h3,6,14H,1-2,4-5,7-8H2;1H. The van der Waals surface area contributed by atoms with Crippen LogP contribution in [0.15, 0.2) is 12.4 Å². The van der Waals surface area contributed by atoms with Crippen molar-refractivity contribution >= 4 is 12.4 Å². The Hall–Kier alpha value is -0.790. The lowest BCUT2D eigenvalue weighted by Crippen LogP contribution is -2.43. The highest BCUT2D eigenvalue weighted by Gasteiger charge is 2.29. The molecule has 0 saturated carbocycles. The summed E-state index contributed by atoms with van der Waals surface area (Å²) in [6.07, 6.45) is -1.40. The fraction of sp³-hybridized carbons (Fsp3) is 0.700. The Bertz CT molecular complexity index is 360. The van der Waals surface area contributed by atoms with Gasteiger partial charge in [-0.1, -0.05) is 0 Å². The highest BCUT2D eigenvalue weighted by Crippen LogP contribution is 2.18. The average Bonchev–Trinajstić information content (AvgIpc) is 2.65. The molecule has 4 nitrogen and oxygen atoms in total. The normalized spacial score (nSPS) is 17.5. The third kappa shape index (κ3) is 4.47. The van der Waals surface area contributed by atoms with Gasteiger partial charge in [-0.25, -0.2) is 4.98 Å². The molecule has 8 heteroatoms. The maximum atomic E-state index is 12.3. The molecular weight excluding hydrogens is 269 g/mol. The molecule has 0 radical (unpaired) electrons. The summed E-state index contributed by atoms with van der Waals surface area (Å²) in [5.74, 6) is 0.476. The number of hydrogen-bond donors (Lipinski definition) is 1. The number of nitrogens with zero attached hydrogens (tertiary/aromatic N) is 3. The largest absolute Gasteiger partial charge is 0.406 e. The first-order valence-electron chi connectivity index (χ1n) is 5.54. The Kier molecular flexibility index (Phi) is 5.43. The molecule has 1 aliphatic heterocycles. The predicted octanol–water partition coefficient (Wildman–Crippen LogP) is 1.27. The van der Waals surface area contributed by atoms with Gasteiger partial charge in [-0.15, -0.1) is 12.4 Å². The van der Waals surface area contributed by atoms with E-state index in [-0.39, 0.29) is 12.4 Å². The highest BCUT2D eigenvalue weighted by molar-refractivity contribution is 5.85. The quantitative estimate of drug-likeness (QED) is 0.907. The van der Waals surface area contributed by atoms with E-state index < -0.39 is 12.7 Å². The molecule has 1 aromatic rings. The summed E-state index contributed by atoms with van der Waals surface area (Å²) in [4.78, 5) is 6.10. The van der Waals surface area contributed by atoms with Gasteiger partial charge < -0.3 is 9.88 Å². The van der Waals surface area contributed by atoms with Crippen molar-refractivity contribution in [2.75, 3.05) is 26.2 Å². The first-order chi connectivity index (χ1) is 8.04. The van der Waals surface area contributed by atoms with Crippen molar-refractivity contribution in [1.82, 2.24) is 19.8 Å². The topological polar surface area (TPSA) is 33.1 Å². The Balaban J connectivity index is 0.00000162. The zero-order valence-electron chi connectivity index (χ0n) is 9.78. The molecule has 1 N–H and O–H groups in total. The molecule has 2 rings (SSSR count). The van der Waals surface area contributed by atoms with Crippen molar-refractivity contribution in [3.05, 3.63) is 18.2 Å². The summed E-state index contributed by atoms with van der Waals surface area (Å²) in [5, 5.41) is 3.20. The predicted molar refractivity (Wildman–Crippen MR) is 63.7 cm³/mol. The van der Waals surface area contributed by atoms with Crippen molar-refractivity contribution in [2.24, 2.45) is 0 Å². The lowest BCUT2D eigenvalue weighted by Gasteiger charge is -2.27. The molecule has 0 amide bonds. The van der Waals surface area contributed by atoms with E-state index in [0.717, 1.165) is 26.2 Å². The Morgan fingerprint density at radius 3 is 2.56 bits per heavy atom. The van der Waals surface area contributed by atoms with E-state index in [0.29, 0.717) is 12.4 Å². The van der Waals surface area contributed by atoms with Gasteiger partial charge >= 0.3 is 6.18 Å². The second-order valence-electron chi connectivity index (χ2n) is 4.11. The van der Waals surface area contributed by atoms with Crippen molar-refractivity contribution in [1.29, 1.82) is 0 Å². The summed E-state index contributed by atoms with van der Waals surface area (Å²) in [7, 11) is 0. The van der Waals surface area contributed by atoms with Gasteiger partial charge in [0.05, 0.1) is 6.54 Å². The molecule has 0 unspecified atom stereocenters. The monoisotopic (exact) mass is 284 g/mol. The molecule has 0 atom stereocenters. The Labute approximate surface area is 110 Å². The second-order valence-corrected chi connectivity index (χ2v) is 4.11. The van der Waals surface area contributed by atoms with E-state index in [4.69, 9.17) is 0 Å². The molecule has 104 valence electrons. The first kappa shape index (κ1) is 15.3. The van der Waals surface area contributed by atoms with E-state index in [9.17, 15) is 13.2 Å². The van der Waals surface area contributed by atoms with Crippen LogP contribution >= 0.6 is 12.4 Å². The van der Waals surface area contributed by atoms with Crippen LogP contribution in [0.5, 0.6) is 0 Å². The van der Waals surface area contributed by atoms with Crippen molar-refractivity contribution in [3.8, 4) is 0 Å². The summed E-state index contributed by atoms with van der Waals surface area (Å²) < 4.78 is 38.1. The molecule has 1 saturated heterocycles. The third-order valence-corrected chi connectivity index (χ3v) is 2.73. The molecule has 0 spiro atoms. The van der Waals surface area contributed by atoms with Gasteiger partial charge in [0, 0.05) is 38.6 Å². The van der Waals surface area contributed by atoms with E-state index >= 15 is 0 Å². The molecule has 18 heavy (non-hydrogen) atoms. The molecule has 2 heterocycles. The van der Waals surface area contributed by atoms with E-state index in [1.807, 2.05) is 0 Å². The van der Waals surface area contributed by atoms with E-state index in [1.165, 1.54) is 17.0 Å². The molecule has 0 bridgehead atoms. The van der Waals surface area contributed by atoms with Crippen LogP contribution in [-0.4, -0.2) is 46.8 Å². The number of piperazine rings is 1. The van der Waals surface area contributed by atoms with Crippen molar-refractivity contribution < 1.29 is 13.2 Å². The van der Waals surface area contributed by atoms with E-state index in [2.05, 4.69) is 15.2 Å². The minimum atomic E-state index is -4.20. The summed E-state index contributed by atoms with van der Waals surface area (Å²) >= 11 is 0. The number of aromatic nitrogens is 2. The smallest absolute Gasteiger partial charge is 0.325 e.